The first-order chi connectivity index (χ1) is 8.54. The molecular formula is C14H19FN2O. The van der Waals surface area contributed by atoms with Gasteiger partial charge < -0.3 is 10.6 Å². The van der Waals surface area contributed by atoms with Gasteiger partial charge in [-0.25, -0.2) is 4.39 Å². The number of benzene rings is 1. The molecule has 1 aromatic carbocycles. The van der Waals surface area contributed by atoms with E-state index in [2.05, 4.69) is 6.92 Å². The predicted octanol–water partition coefficient (Wildman–Crippen LogP) is 2.81. The van der Waals surface area contributed by atoms with Crippen LogP contribution in [0.25, 0.3) is 0 Å². The van der Waals surface area contributed by atoms with Crippen molar-refractivity contribution in [2.75, 3.05) is 5.73 Å². The summed E-state index contributed by atoms with van der Waals surface area (Å²) in [4.78, 5) is 14.4. The lowest BCUT2D eigenvalue weighted by atomic mass is 10.1. The number of nitrogen functional groups attached to an aromatic ring is 1. The molecule has 2 rings (SSSR count). The molecule has 98 valence electrons. The highest BCUT2D eigenvalue weighted by atomic mass is 19.1. The van der Waals surface area contributed by atoms with Gasteiger partial charge in [0.15, 0.2) is 0 Å². The third kappa shape index (κ3) is 2.19. The summed E-state index contributed by atoms with van der Waals surface area (Å²) in [6, 6.07) is 4.47. The lowest BCUT2D eigenvalue weighted by Crippen LogP contribution is -2.40. The minimum absolute atomic E-state index is 0.0793. The molecule has 2 N–H and O–H groups in total. The Kier molecular flexibility index (Phi) is 3.55. The number of halogens is 1. The van der Waals surface area contributed by atoms with Gasteiger partial charge in [0, 0.05) is 17.8 Å². The molecule has 1 amide bonds. The van der Waals surface area contributed by atoms with E-state index in [1.165, 1.54) is 18.2 Å². The molecule has 1 saturated heterocycles. The van der Waals surface area contributed by atoms with Crippen LogP contribution in [0, 0.1) is 5.82 Å². The summed E-state index contributed by atoms with van der Waals surface area (Å²) >= 11 is 0. The molecule has 2 unspecified atom stereocenters. The fourth-order valence-electron chi connectivity index (χ4n) is 2.71. The Morgan fingerprint density at radius 2 is 2.22 bits per heavy atom. The molecule has 1 aliphatic heterocycles. The highest BCUT2D eigenvalue weighted by Gasteiger charge is 2.34. The van der Waals surface area contributed by atoms with Gasteiger partial charge in [-0.15, -0.1) is 0 Å². The van der Waals surface area contributed by atoms with Crippen LogP contribution in [-0.2, 0) is 0 Å². The van der Waals surface area contributed by atoms with E-state index < -0.39 is 5.82 Å². The van der Waals surface area contributed by atoms with Crippen molar-refractivity contribution in [2.45, 2.75) is 45.2 Å². The first kappa shape index (κ1) is 12.9. The number of nitrogens with zero attached hydrogens (tertiary/aromatic N) is 1. The second-order valence-electron chi connectivity index (χ2n) is 4.93. The van der Waals surface area contributed by atoms with Crippen molar-refractivity contribution < 1.29 is 9.18 Å². The maximum atomic E-state index is 13.0. The molecule has 0 aromatic heterocycles. The summed E-state index contributed by atoms with van der Waals surface area (Å²) in [5.41, 5.74) is 6.36. The van der Waals surface area contributed by atoms with Crippen LogP contribution in [0.2, 0.25) is 0 Å². The molecule has 0 saturated carbocycles. The van der Waals surface area contributed by atoms with E-state index >= 15 is 0 Å². The van der Waals surface area contributed by atoms with E-state index in [1.54, 1.807) is 0 Å². The number of carbonyl (C=O) groups excluding carboxylic acids is 1. The van der Waals surface area contributed by atoms with Crippen molar-refractivity contribution in [1.29, 1.82) is 0 Å². The van der Waals surface area contributed by atoms with Crippen LogP contribution in [-0.4, -0.2) is 22.9 Å². The van der Waals surface area contributed by atoms with Crippen LogP contribution in [0.3, 0.4) is 0 Å². The van der Waals surface area contributed by atoms with Crippen molar-refractivity contribution >= 4 is 11.6 Å². The molecule has 0 aliphatic carbocycles. The van der Waals surface area contributed by atoms with Crippen molar-refractivity contribution in [1.82, 2.24) is 4.90 Å². The Morgan fingerprint density at radius 3 is 2.83 bits per heavy atom. The predicted molar refractivity (Wildman–Crippen MR) is 69.8 cm³/mol. The molecule has 0 bridgehead atoms. The number of rotatable bonds is 2. The van der Waals surface area contributed by atoms with E-state index in [-0.39, 0.29) is 23.7 Å². The van der Waals surface area contributed by atoms with E-state index in [4.69, 9.17) is 5.73 Å². The quantitative estimate of drug-likeness (QED) is 0.820. The average Bonchev–Trinajstić information content (AvgIpc) is 2.69. The Labute approximate surface area is 107 Å². The fraction of sp³-hybridized carbons (Fsp3) is 0.500. The normalized spacial score (nSPS) is 23.4. The summed E-state index contributed by atoms with van der Waals surface area (Å²) < 4.78 is 13.0. The zero-order valence-electron chi connectivity index (χ0n) is 10.8. The molecule has 1 aromatic rings. The molecule has 0 spiro atoms. The maximum absolute atomic E-state index is 13.0. The second kappa shape index (κ2) is 4.96. The largest absolute Gasteiger partial charge is 0.398 e. The molecule has 18 heavy (non-hydrogen) atoms. The topological polar surface area (TPSA) is 46.3 Å². The maximum Gasteiger partial charge on any atom is 0.256 e. The van der Waals surface area contributed by atoms with Gasteiger partial charge in [0.05, 0.1) is 5.56 Å². The molecule has 0 radical (unpaired) electrons. The van der Waals surface area contributed by atoms with E-state index in [9.17, 15) is 9.18 Å². The van der Waals surface area contributed by atoms with Crippen LogP contribution >= 0.6 is 0 Å². The Balaban J connectivity index is 2.30. The lowest BCUT2D eigenvalue weighted by molar-refractivity contribution is 0.0677. The number of carbonyl (C=O) groups is 1. The minimum atomic E-state index is -0.412. The molecular weight excluding hydrogens is 231 g/mol. The van der Waals surface area contributed by atoms with Gasteiger partial charge in [-0.1, -0.05) is 6.92 Å². The average molecular weight is 250 g/mol. The fourth-order valence-corrected chi connectivity index (χ4v) is 2.71. The Bertz CT molecular complexity index is 461. The van der Waals surface area contributed by atoms with Crippen LogP contribution in [0.5, 0.6) is 0 Å². The smallest absolute Gasteiger partial charge is 0.256 e. The molecule has 1 fully saturated rings. The second-order valence-corrected chi connectivity index (χ2v) is 4.93. The number of hydrogen-bond acceptors (Lipinski definition) is 2. The highest BCUT2D eigenvalue weighted by Crippen LogP contribution is 2.29. The van der Waals surface area contributed by atoms with Crippen LogP contribution in [0.1, 0.15) is 43.5 Å². The summed E-state index contributed by atoms with van der Waals surface area (Å²) in [5.74, 6) is -0.491. The lowest BCUT2D eigenvalue weighted by Gasteiger charge is -2.28. The summed E-state index contributed by atoms with van der Waals surface area (Å²) in [7, 11) is 0. The third-order valence-electron chi connectivity index (χ3n) is 3.74. The Hall–Kier alpha value is -1.58. The van der Waals surface area contributed by atoms with Gasteiger partial charge in [-0.3, -0.25) is 4.79 Å². The number of nitrogens with two attached hydrogens (primary N) is 1. The van der Waals surface area contributed by atoms with Crippen molar-refractivity contribution in [3.8, 4) is 0 Å². The third-order valence-corrected chi connectivity index (χ3v) is 3.74. The number of anilines is 1. The van der Waals surface area contributed by atoms with Crippen molar-refractivity contribution in [2.24, 2.45) is 0 Å². The number of amides is 1. The van der Waals surface area contributed by atoms with E-state index in [1.807, 2.05) is 11.8 Å². The van der Waals surface area contributed by atoms with Crippen molar-refractivity contribution in [3.05, 3.63) is 29.6 Å². The van der Waals surface area contributed by atoms with Gasteiger partial charge in [-0.2, -0.15) is 0 Å². The van der Waals surface area contributed by atoms with Gasteiger partial charge in [0.25, 0.3) is 5.91 Å². The number of likely N-dealkylation sites (tertiary alicyclic amines) is 1. The monoisotopic (exact) mass is 250 g/mol. The van der Waals surface area contributed by atoms with Gasteiger partial charge in [0.1, 0.15) is 5.82 Å². The molecule has 3 nitrogen and oxygen atoms in total. The highest BCUT2D eigenvalue weighted by molar-refractivity contribution is 5.99. The van der Waals surface area contributed by atoms with E-state index in [0.717, 1.165) is 19.3 Å². The summed E-state index contributed by atoms with van der Waals surface area (Å²) in [5, 5.41) is 0. The molecule has 2 atom stereocenters. The van der Waals surface area contributed by atoms with Crippen LogP contribution in [0.4, 0.5) is 10.1 Å². The molecule has 1 aliphatic rings. The minimum Gasteiger partial charge on any atom is -0.398 e. The number of hydrogen-bond donors (Lipinski definition) is 1. The van der Waals surface area contributed by atoms with Crippen molar-refractivity contribution in [3.63, 3.8) is 0 Å². The summed E-state index contributed by atoms with van der Waals surface area (Å²) in [6.45, 7) is 4.13. The molecule has 4 heteroatoms. The molecule has 1 heterocycles. The first-order valence-corrected chi connectivity index (χ1v) is 6.42. The van der Waals surface area contributed by atoms with Crippen LogP contribution < -0.4 is 5.73 Å². The Morgan fingerprint density at radius 1 is 1.50 bits per heavy atom. The SMILES string of the molecule is CCC1CCC(C)N1C(=O)c1ccc(F)cc1N. The first-order valence-electron chi connectivity index (χ1n) is 6.42. The standard InChI is InChI=1S/C14H19FN2O/c1-3-11-6-4-9(2)17(11)14(18)12-7-5-10(15)8-13(12)16/h5,7-9,11H,3-4,6,16H2,1-2H3. The van der Waals surface area contributed by atoms with Gasteiger partial charge in [-0.05, 0) is 44.4 Å². The van der Waals surface area contributed by atoms with Gasteiger partial charge >= 0.3 is 0 Å². The van der Waals surface area contributed by atoms with E-state index in [0.29, 0.717) is 5.56 Å². The zero-order valence-corrected chi connectivity index (χ0v) is 10.8. The van der Waals surface area contributed by atoms with Gasteiger partial charge in [0.2, 0.25) is 0 Å². The van der Waals surface area contributed by atoms with Crippen LogP contribution in [0.15, 0.2) is 18.2 Å². The zero-order chi connectivity index (χ0) is 13.3. The summed E-state index contributed by atoms with van der Waals surface area (Å²) in [6.07, 6.45) is 2.99.